The number of nitrogen functional groups attached to an aromatic ring is 1. The summed E-state index contributed by atoms with van der Waals surface area (Å²) in [5, 5.41) is 5.79. The second-order valence-corrected chi connectivity index (χ2v) is 7.42. The number of hydrogen-bond donors (Lipinski definition) is 2. The van der Waals surface area contributed by atoms with Gasteiger partial charge in [-0.2, -0.15) is 0 Å². The predicted octanol–water partition coefficient (Wildman–Crippen LogP) is 3.50. The lowest BCUT2D eigenvalue weighted by Gasteiger charge is -2.40. The van der Waals surface area contributed by atoms with Crippen molar-refractivity contribution in [3.05, 3.63) is 29.4 Å². The van der Waals surface area contributed by atoms with Crippen molar-refractivity contribution in [1.82, 2.24) is 9.88 Å². The maximum atomic E-state index is 11.9. The molecule has 24 heavy (non-hydrogen) atoms. The van der Waals surface area contributed by atoms with Crippen LogP contribution in [0.1, 0.15) is 20.8 Å². The summed E-state index contributed by atoms with van der Waals surface area (Å²) < 4.78 is 5.35. The number of carbonyl (C=O) groups excluding carboxylic acids is 1. The minimum Gasteiger partial charge on any atom is -0.444 e. The Bertz CT molecular complexity index is 782. The number of likely N-dealkylation sites (tertiary alicyclic amines) is 1. The molecular formula is C17H21ClN4O2. The molecule has 0 spiro atoms. The fourth-order valence-corrected chi connectivity index (χ4v) is 2.87. The van der Waals surface area contributed by atoms with E-state index in [2.05, 4.69) is 10.3 Å². The monoisotopic (exact) mass is 348 g/mol. The smallest absolute Gasteiger partial charge is 0.410 e. The molecule has 7 heteroatoms. The van der Waals surface area contributed by atoms with Crippen molar-refractivity contribution in [3.63, 3.8) is 0 Å². The van der Waals surface area contributed by atoms with E-state index >= 15 is 0 Å². The van der Waals surface area contributed by atoms with Gasteiger partial charge in [0.15, 0.2) is 0 Å². The Morgan fingerprint density at radius 2 is 2.08 bits per heavy atom. The molecule has 2 aromatic rings. The summed E-state index contributed by atoms with van der Waals surface area (Å²) >= 11 is 6.32. The second kappa shape index (κ2) is 6.02. The van der Waals surface area contributed by atoms with Gasteiger partial charge in [-0.25, -0.2) is 9.78 Å². The van der Waals surface area contributed by atoms with Crippen LogP contribution in [0.2, 0.25) is 5.02 Å². The van der Waals surface area contributed by atoms with Gasteiger partial charge in [0.2, 0.25) is 0 Å². The summed E-state index contributed by atoms with van der Waals surface area (Å²) in [4.78, 5) is 17.7. The van der Waals surface area contributed by atoms with Gasteiger partial charge in [0.25, 0.3) is 0 Å². The van der Waals surface area contributed by atoms with Crippen molar-refractivity contribution >= 4 is 40.0 Å². The number of fused-ring (bicyclic) bond motifs is 1. The Kier molecular flexibility index (Phi) is 4.17. The number of amides is 1. The van der Waals surface area contributed by atoms with E-state index in [9.17, 15) is 4.79 Å². The lowest BCUT2D eigenvalue weighted by molar-refractivity contribution is 0.0105. The molecule has 1 amide bonds. The molecule has 1 fully saturated rings. The van der Waals surface area contributed by atoms with Crippen molar-refractivity contribution in [1.29, 1.82) is 0 Å². The number of carbonyl (C=O) groups is 1. The molecule has 1 aromatic heterocycles. The topological polar surface area (TPSA) is 80.5 Å². The van der Waals surface area contributed by atoms with E-state index in [4.69, 9.17) is 22.1 Å². The van der Waals surface area contributed by atoms with Gasteiger partial charge in [-0.3, -0.25) is 0 Å². The van der Waals surface area contributed by atoms with Crippen molar-refractivity contribution in [2.75, 3.05) is 24.1 Å². The third-order valence-electron chi connectivity index (χ3n) is 3.71. The molecular weight excluding hydrogens is 328 g/mol. The first-order chi connectivity index (χ1) is 11.2. The molecule has 0 saturated carbocycles. The zero-order chi connectivity index (χ0) is 17.5. The molecule has 0 aliphatic carbocycles. The second-order valence-electron chi connectivity index (χ2n) is 7.01. The maximum Gasteiger partial charge on any atom is 0.410 e. The Morgan fingerprint density at radius 1 is 1.38 bits per heavy atom. The summed E-state index contributed by atoms with van der Waals surface area (Å²) in [6.07, 6.45) is 1.42. The number of rotatable bonds is 2. The van der Waals surface area contributed by atoms with Crippen LogP contribution >= 0.6 is 11.6 Å². The first kappa shape index (κ1) is 16.6. The van der Waals surface area contributed by atoms with Gasteiger partial charge in [0.05, 0.1) is 11.1 Å². The number of nitrogens with one attached hydrogen (secondary N) is 1. The third kappa shape index (κ3) is 3.64. The van der Waals surface area contributed by atoms with E-state index in [1.165, 1.54) is 0 Å². The fraction of sp³-hybridized carbons (Fsp3) is 0.412. The molecule has 128 valence electrons. The molecule has 3 rings (SSSR count). The van der Waals surface area contributed by atoms with Crippen LogP contribution in [-0.2, 0) is 4.74 Å². The third-order valence-corrected chi connectivity index (χ3v) is 4.02. The summed E-state index contributed by atoms with van der Waals surface area (Å²) in [5.41, 5.74) is 6.12. The Morgan fingerprint density at radius 3 is 2.75 bits per heavy atom. The Labute approximate surface area is 145 Å². The highest BCUT2D eigenvalue weighted by Gasteiger charge is 2.33. The molecule has 1 aliphatic rings. The Balaban J connectivity index is 1.63. The zero-order valence-electron chi connectivity index (χ0n) is 14.0. The van der Waals surface area contributed by atoms with Gasteiger partial charge in [0.1, 0.15) is 11.4 Å². The summed E-state index contributed by atoms with van der Waals surface area (Å²) in [5.74, 6) is 0.442. The average molecular weight is 349 g/mol. The Hall–Kier alpha value is -2.21. The summed E-state index contributed by atoms with van der Waals surface area (Å²) in [6, 6.07) is 5.77. The molecule has 3 N–H and O–H groups in total. The van der Waals surface area contributed by atoms with Crippen LogP contribution in [0, 0.1) is 0 Å². The van der Waals surface area contributed by atoms with Crippen LogP contribution in [0.3, 0.4) is 0 Å². The number of anilines is 2. The van der Waals surface area contributed by atoms with E-state index in [-0.39, 0.29) is 12.1 Å². The molecule has 0 unspecified atom stereocenters. The highest BCUT2D eigenvalue weighted by molar-refractivity contribution is 6.36. The number of nitrogens with zero attached hydrogens (tertiary/aromatic N) is 2. The molecule has 1 aliphatic heterocycles. The number of pyridine rings is 1. The number of ether oxygens (including phenoxy) is 1. The van der Waals surface area contributed by atoms with E-state index in [0.29, 0.717) is 23.9 Å². The van der Waals surface area contributed by atoms with Crippen molar-refractivity contribution in [2.24, 2.45) is 0 Å². The molecule has 0 bridgehead atoms. The molecule has 1 saturated heterocycles. The number of benzene rings is 1. The van der Waals surface area contributed by atoms with Gasteiger partial charge in [0, 0.05) is 35.7 Å². The van der Waals surface area contributed by atoms with Crippen molar-refractivity contribution in [2.45, 2.75) is 32.4 Å². The zero-order valence-corrected chi connectivity index (χ0v) is 14.7. The van der Waals surface area contributed by atoms with Crippen LogP contribution in [-0.4, -0.2) is 40.7 Å². The molecule has 0 radical (unpaired) electrons. The van der Waals surface area contributed by atoms with Crippen LogP contribution in [0.25, 0.3) is 10.8 Å². The lowest BCUT2D eigenvalue weighted by Crippen LogP contribution is -2.57. The number of halogens is 1. The largest absolute Gasteiger partial charge is 0.444 e. The first-order valence-electron chi connectivity index (χ1n) is 7.80. The van der Waals surface area contributed by atoms with Crippen LogP contribution in [0.15, 0.2) is 24.4 Å². The van der Waals surface area contributed by atoms with Crippen molar-refractivity contribution in [3.8, 4) is 0 Å². The molecule has 1 aromatic carbocycles. The van der Waals surface area contributed by atoms with Crippen LogP contribution in [0.4, 0.5) is 16.3 Å². The maximum absolute atomic E-state index is 11.9. The van der Waals surface area contributed by atoms with Crippen LogP contribution < -0.4 is 11.1 Å². The number of aromatic nitrogens is 1. The molecule has 6 nitrogen and oxygen atoms in total. The van der Waals surface area contributed by atoms with E-state index in [1.54, 1.807) is 17.2 Å². The van der Waals surface area contributed by atoms with Crippen molar-refractivity contribution < 1.29 is 9.53 Å². The quantitative estimate of drug-likeness (QED) is 0.868. The number of hydrogen-bond acceptors (Lipinski definition) is 5. The predicted molar refractivity (Wildman–Crippen MR) is 96.4 cm³/mol. The normalized spacial score (nSPS) is 15.2. The highest BCUT2D eigenvalue weighted by Crippen LogP contribution is 2.29. The van der Waals surface area contributed by atoms with Gasteiger partial charge < -0.3 is 20.7 Å². The van der Waals surface area contributed by atoms with E-state index < -0.39 is 5.60 Å². The number of nitrogens with two attached hydrogens (primary N) is 1. The molecule has 0 atom stereocenters. The van der Waals surface area contributed by atoms with Gasteiger partial charge in [-0.1, -0.05) is 11.6 Å². The lowest BCUT2D eigenvalue weighted by atomic mass is 10.1. The fourth-order valence-electron chi connectivity index (χ4n) is 2.59. The summed E-state index contributed by atoms with van der Waals surface area (Å²) in [7, 11) is 0. The van der Waals surface area contributed by atoms with E-state index in [0.717, 1.165) is 16.5 Å². The van der Waals surface area contributed by atoms with Gasteiger partial charge >= 0.3 is 6.09 Å². The standard InChI is InChI=1S/C17H21ClN4O2/c1-17(2,3)24-16(23)22-8-12(9-22)21-11-4-10-7-20-15(19)6-13(10)14(18)5-11/h4-7,12,21H,8-9H2,1-3H3,(H2,19,20). The average Bonchev–Trinajstić information content (AvgIpc) is 2.41. The SMILES string of the molecule is CC(C)(C)OC(=O)N1CC(Nc2cc(Cl)c3cc(N)ncc3c2)C1. The minimum absolute atomic E-state index is 0.174. The molecule has 2 heterocycles. The van der Waals surface area contributed by atoms with Gasteiger partial charge in [-0.15, -0.1) is 0 Å². The summed E-state index contributed by atoms with van der Waals surface area (Å²) in [6.45, 7) is 6.78. The van der Waals surface area contributed by atoms with Crippen LogP contribution in [0.5, 0.6) is 0 Å². The van der Waals surface area contributed by atoms with E-state index in [1.807, 2.05) is 32.9 Å². The first-order valence-corrected chi connectivity index (χ1v) is 8.18. The van der Waals surface area contributed by atoms with Gasteiger partial charge in [-0.05, 0) is 39.0 Å². The minimum atomic E-state index is -0.476. The highest BCUT2D eigenvalue weighted by atomic mass is 35.5.